The van der Waals surface area contributed by atoms with Gasteiger partial charge in [-0.1, -0.05) is 6.92 Å². The molecule has 2 aliphatic rings. The van der Waals surface area contributed by atoms with Gasteiger partial charge in [0.2, 0.25) is 5.91 Å². The van der Waals surface area contributed by atoms with Crippen LogP contribution in [0.5, 0.6) is 0 Å². The predicted octanol–water partition coefficient (Wildman–Crippen LogP) is 2.52. The molecule has 1 atom stereocenters. The number of halogens is 1. The van der Waals surface area contributed by atoms with E-state index in [2.05, 4.69) is 16.8 Å². The first-order valence-corrected chi connectivity index (χ1v) is 10.1. The van der Waals surface area contributed by atoms with E-state index < -0.39 is 0 Å². The van der Waals surface area contributed by atoms with Gasteiger partial charge in [0.15, 0.2) is 0 Å². The van der Waals surface area contributed by atoms with E-state index in [9.17, 15) is 9.59 Å². The molecule has 4 rings (SSSR count). The molecule has 1 unspecified atom stereocenters. The van der Waals surface area contributed by atoms with E-state index in [0.717, 1.165) is 18.0 Å². The third kappa shape index (κ3) is 3.56. The molecular formula is C17H22ClN3O2S2. The second kappa shape index (κ2) is 7.61. The van der Waals surface area contributed by atoms with Gasteiger partial charge in [-0.25, -0.2) is 0 Å². The lowest BCUT2D eigenvalue weighted by atomic mass is 9.88. The minimum Gasteiger partial charge on any atom is -0.339 e. The Kier molecular flexibility index (Phi) is 5.68. The maximum Gasteiger partial charge on any atom is 0.264 e. The highest BCUT2D eigenvalue weighted by atomic mass is 35.5. The molecule has 4 heterocycles. The summed E-state index contributed by atoms with van der Waals surface area (Å²) in [4.78, 5) is 29.9. The van der Waals surface area contributed by atoms with Gasteiger partial charge >= 0.3 is 0 Å². The molecule has 0 aliphatic carbocycles. The smallest absolute Gasteiger partial charge is 0.264 e. The summed E-state index contributed by atoms with van der Waals surface area (Å²) in [5, 5.41) is 5.28. The molecule has 136 valence electrons. The lowest BCUT2D eigenvalue weighted by molar-refractivity contribution is -0.138. The van der Waals surface area contributed by atoms with Crippen LogP contribution in [-0.2, 0) is 4.79 Å². The van der Waals surface area contributed by atoms with E-state index in [-0.39, 0.29) is 30.1 Å². The van der Waals surface area contributed by atoms with Crippen molar-refractivity contribution >= 4 is 56.3 Å². The molecule has 0 aromatic carbocycles. The molecule has 0 bridgehead atoms. The van der Waals surface area contributed by atoms with Gasteiger partial charge in [-0.2, -0.15) is 0 Å². The SMILES string of the molecule is CC(C(=O)N1CCN(C(=O)c2cc3sccc3s2)CC1)C1CNC1.Cl. The minimum absolute atomic E-state index is 0. The van der Waals surface area contributed by atoms with E-state index in [4.69, 9.17) is 0 Å². The maximum absolute atomic E-state index is 12.7. The number of rotatable bonds is 3. The summed E-state index contributed by atoms with van der Waals surface area (Å²) in [7, 11) is 0. The second-order valence-corrected chi connectivity index (χ2v) is 8.62. The Bertz CT molecular complexity index is 734. The summed E-state index contributed by atoms with van der Waals surface area (Å²) in [5.41, 5.74) is 0. The van der Waals surface area contributed by atoms with Gasteiger partial charge in [-0.15, -0.1) is 35.1 Å². The molecular weight excluding hydrogens is 378 g/mol. The number of carbonyl (C=O) groups excluding carboxylic acids is 2. The van der Waals surface area contributed by atoms with Gasteiger partial charge in [-0.3, -0.25) is 9.59 Å². The zero-order chi connectivity index (χ0) is 16.7. The first kappa shape index (κ1) is 18.6. The van der Waals surface area contributed by atoms with Crippen LogP contribution in [0.25, 0.3) is 9.40 Å². The van der Waals surface area contributed by atoms with Gasteiger partial charge < -0.3 is 15.1 Å². The van der Waals surface area contributed by atoms with Gasteiger partial charge in [0, 0.05) is 41.5 Å². The van der Waals surface area contributed by atoms with Crippen LogP contribution in [0.2, 0.25) is 0 Å². The molecule has 25 heavy (non-hydrogen) atoms. The first-order valence-electron chi connectivity index (χ1n) is 8.39. The third-order valence-corrected chi connectivity index (χ3v) is 7.22. The van der Waals surface area contributed by atoms with Crippen molar-refractivity contribution in [3.05, 3.63) is 22.4 Å². The predicted molar refractivity (Wildman–Crippen MR) is 105 cm³/mol. The fraction of sp³-hybridized carbons (Fsp3) is 0.529. The Hall–Kier alpha value is -1.15. The fourth-order valence-corrected chi connectivity index (χ4v) is 5.39. The quantitative estimate of drug-likeness (QED) is 0.862. The summed E-state index contributed by atoms with van der Waals surface area (Å²) < 4.78 is 2.36. The van der Waals surface area contributed by atoms with Crippen LogP contribution < -0.4 is 5.32 Å². The van der Waals surface area contributed by atoms with E-state index in [1.54, 1.807) is 22.7 Å². The van der Waals surface area contributed by atoms with Crippen molar-refractivity contribution in [2.45, 2.75) is 6.92 Å². The van der Waals surface area contributed by atoms with Gasteiger partial charge in [-0.05, 0) is 36.5 Å². The van der Waals surface area contributed by atoms with Crippen molar-refractivity contribution in [1.82, 2.24) is 15.1 Å². The number of nitrogens with one attached hydrogen (secondary N) is 1. The summed E-state index contributed by atoms with van der Waals surface area (Å²) in [6.07, 6.45) is 0. The molecule has 2 aromatic heterocycles. The van der Waals surface area contributed by atoms with Crippen molar-refractivity contribution in [1.29, 1.82) is 0 Å². The highest BCUT2D eigenvalue weighted by Crippen LogP contribution is 2.31. The van der Waals surface area contributed by atoms with Crippen LogP contribution in [0.15, 0.2) is 17.5 Å². The van der Waals surface area contributed by atoms with Crippen LogP contribution in [0, 0.1) is 11.8 Å². The number of hydrogen-bond donors (Lipinski definition) is 1. The van der Waals surface area contributed by atoms with Crippen LogP contribution in [0.4, 0.5) is 0 Å². The summed E-state index contributed by atoms with van der Waals surface area (Å²) in [6.45, 7) is 6.48. The monoisotopic (exact) mass is 399 g/mol. The summed E-state index contributed by atoms with van der Waals surface area (Å²) >= 11 is 3.24. The molecule has 2 aliphatic heterocycles. The first-order chi connectivity index (χ1) is 11.6. The van der Waals surface area contributed by atoms with Crippen LogP contribution in [0.1, 0.15) is 16.6 Å². The zero-order valence-corrected chi connectivity index (χ0v) is 16.5. The number of nitrogens with zero attached hydrogens (tertiary/aromatic N) is 2. The number of amides is 2. The van der Waals surface area contributed by atoms with Crippen molar-refractivity contribution in [2.24, 2.45) is 11.8 Å². The Morgan fingerprint density at radius 1 is 1.16 bits per heavy atom. The molecule has 2 amide bonds. The van der Waals surface area contributed by atoms with E-state index in [1.807, 2.05) is 22.8 Å². The number of piperazine rings is 1. The second-order valence-electron chi connectivity index (χ2n) is 6.58. The standard InChI is InChI=1S/C17H21N3O2S2.ClH/c1-11(12-9-18-10-12)16(21)19-3-5-20(6-4-19)17(22)15-8-14-13(24-15)2-7-23-14;/h2,7-8,11-12,18H,3-6,9-10H2,1H3;1H. The average molecular weight is 400 g/mol. The molecule has 8 heteroatoms. The Balaban J connectivity index is 0.00000182. The average Bonchev–Trinajstić information content (AvgIpc) is 3.13. The van der Waals surface area contributed by atoms with E-state index in [0.29, 0.717) is 32.1 Å². The van der Waals surface area contributed by atoms with Crippen LogP contribution in [-0.4, -0.2) is 60.9 Å². The van der Waals surface area contributed by atoms with E-state index in [1.165, 1.54) is 9.40 Å². The van der Waals surface area contributed by atoms with Crippen molar-refractivity contribution in [2.75, 3.05) is 39.3 Å². The number of carbonyl (C=O) groups is 2. The summed E-state index contributed by atoms with van der Waals surface area (Å²) in [5.74, 6) is 0.894. The topological polar surface area (TPSA) is 52.7 Å². The zero-order valence-electron chi connectivity index (χ0n) is 14.1. The third-order valence-electron chi connectivity index (χ3n) is 5.14. The lowest BCUT2D eigenvalue weighted by Crippen LogP contribution is -2.55. The highest BCUT2D eigenvalue weighted by molar-refractivity contribution is 7.27. The van der Waals surface area contributed by atoms with Gasteiger partial charge in [0.05, 0.1) is 4.88 Å². The molecule has 0 radical (unpaired) electrons. The Morgan fingerprint density at radius 3 is 2.44 bits per heavy atom. The molecule has 2 aromatic rings. The van der Waals surface area contributed by atoms with Crippen molar-refractivity contribution in [3.63, 3.8) is 0 Å². The highest BCUT2D eigenvalue weighted by Gasteiger charge is 2.33. The Labute approximate surface area is 161 Å². The molecule has 0 saturated carbocycles. The molecule has 2 fully saturated rings. The van der Waals surface area contributed by atoms with Crippen LogP contribution >= 0.6 is 35.1 Å². The molecule has 1 N–H and O–H groups in total. The van der Waals surface area contributed by atoms with Crippen molar-refractivity contribution < 1.29 is 9.59 Å². The number of hydrogen-bond acceptors (Lipinski definition) is 5. The molecule has 0 spiro atoms. The van der Waals surface area contributed by atoms with Gasteiger partial charge in [0.25, 0.3) is 5.91 Å². The molecule has 2 saturated heterocycles. The molecule has 5 nitrogen and oxygen atoms in total. The normalized spacial score (nSPS) is 19.4. The van der Waals surface area contributed by atoms with E-state index >= 15 is 0 Å². The lowest BCUT2D eigenvalue weighted by Gasteiger charge is -2.39. The minimum atomic E-state index is 0. The van der Waals surface area contributed by atoms with Crippen LogP contribution in [0.3, 0.4) is 0 Å². The van der Waals surface area contributed by atoms with Crippen molar-refractivity contribution in [3.8, 4) is 0 Å². The largest absolute Gasteiger partial charge is 0.339 e. The maximum atomic E-state index is 12.7. The van der Waals surface area contributed by atoms with Gasteiger partial charge in [0.1, 0.15) is 0 Å². The number of fused-ring (bicyclic) bond motifs is 1. The fourth-order valence-electron chi connectivity index (χ4n) is 3.31. The number of thiophene rings is 2. The Morgan fingerprint density at radius 2 is 1.84 bits per heavy atom. The summed E-state index contributed by atoms with van der Waals surface area (Å²) in [6, 6.07) is 4.06.